The van der Waals surface area contributed by atoms with Crippen molar-refractivity contribution in [1.82, 2.24) is 4.90 Å². The van der Waals surface area contributed by atoms with Gasteiger partial charge in [-0.3, -0.25) is 0 Å². The summed E-state index contributed by atoms with van der Waals surface area (Å²) in [6.45, 7) is 3.85. The molecule has 0 saturated carbocycles. The van der Waals surface area contributed by atoms with Crippen molar-refractivity contribution in [2.75, 3.05) is 39.1 Å². The van der Waals surface area contributed by atoms with E-state index >= 15 is 0 Å². The van der Waals surface area contributed by atoms with Crippen LogP contribution in [0.4, 0.5) is 5.69 Å². The molecule has 5 nitrogen and oxygen atoms in total. The second kappa shape index (κ2) is 6.26. The normalized spacial score (nSPS) is 11.9. The number of nitrogens with zero attached hydrogens (tertiary/aromatic N) is 3. The number of oxime groups is 1. The van der Waals surface area contributed by atoms with Gasteiger partial charge in [0.25, 0.3) is 0 Å². The molecule has 0 heterocycles. The predicted octanol–water partition coefficient (Wildman–Crippen LogP) is 1.09. The van der Waals surface area contributed by atoms with Gasteiger partial charge in [0.1, 0.15) is 0 Å². The van der Waals surface area contributed by atoms with Crippen molar-refractivity contribution in [3.05, 3.63) is 29.3 Å². The van der Waals surface area contributed by atoms with Crippen LogP contribution in [0, 0.1) is 6.92 Å². The first-order valence-electron chi connectivity index (χ1n) is 5.90. The molecule has 3 N–H and O–H groups in total. The first-order chi connectivity index (χ1) is 8.47. The lowest BCUT2D eigenvalue weighted by molar-refractivity contribution is 0.318. The molecule has 100 valence electrons. The van der Waals surface area contributed by atoms with Crippen LogP contribution >= 0.6 is 0 Å². The molecule has 0 bridgehead atoms. The monoisotopic (exact) mass is 250 g/mol. The van der Waals surface area contributed by atoms with Crippen LogP contribution in [0.25, 0.3) is 0 Å². The average Bonchev–Trinajstić information content (AvgIpc) is 2.34. The minimum atomic E-state index is 0.144. The van der Waals surface area contributed by atoms with Gasteiger partial charge in [0.2, 0.25) is 0 Å². The van der Waals surface area contributed by atoms with Crippen LogP contribution in [0.3, 0.4) is 0 Å². The first-order valence-corrected chi connectivity index (χ1v) is 5.90. The maximum atomic E-state index is 8.84. The molecule has 0 aliphatic heterocycles. The Balaban J connectivity index is 3.06. The number of anilines is 1. The van der Waals surface area contributed by atoms with Crippen molar-refractivity contribution in [2.45, 2.75) is 6.92 Å². The first kappa shape index (κ1) is 14.3. The van der Waals surface area contributed by atoms with Crippen molar-refractivity contribution >= 4 is 11.5 Å². The van der Waals surface area contributed by atoms with Crippen LogP contribution in [0.15, 0.2) is 23.4 Å². The Morgan fingerprint density at radius 3 is 2.50 bits per heavy atom. The van der Waals surface area contributed by atoms with E-state index in [9.17, 15) is 0 Å². The summed E-state index contributed by atoms with van der Waals surface area (Å²) in [6, 6.07) is 5.80. The number of rotatable bonds is 5. The summed E-state index contributed by atoms with van der Waals surface area (Å²) >= 11 is 0. The highest BCUT2D eigenvalue weighted by molar-refractivity contribution is 6.02. The molecule has 0 aliphatic carbocycles. The molecular formula is C13H22N4O. The average molecular weight is 250 g/mol. The van der Waals surface area contributed by atoms with E-state index in [1.807, 2.05) is 46.3 Å². The van der Waals surface area contributed by atoms with Crippen LogP contribution in [0.1, 0.15) is 11.1 Å². The molecule has 0 aromatic heterocycles. The van der Waals surface area contributed by atoms with Crippen LogP contribution in [-0.4, -0.2) is 50.2 Å². The van der Waals surface area contributed by atoms with Crippen LogP contribution in [0.5, 0.6) is 0 Å². The highest BCUT2D eigenvalue weighted by Crippen LogP contribution is 2.23. The smallest absolute Gasteiger partial charge is 0.172 e. The third-order valence-electron chi connectivity index (χ3n) is 2.89. The summed E-state index contributed by atoms with van der Waals surface area (Å²) in [7, 11) is 6.09. The van der Waals surface area contributed by atoms with Crippen molar-refractivity contribution in [1.29, 1.82) is 0 Å². The van der Waals surface area contributed by atoms with E-state index < -0.39 is 0 Å². The Morgan fingerprint density at radius 1 is 1.28 bits per heavy atom. The van der Waals surface area contributed by atoms with Crippen molar-refractivity contribution in [2.24, 2.45) is 10.9 Å². The molecule has 0 fully saturated rings. The number of nitrogens with two attached hydrogens (primary N) is 1. The number of benzene rings is 1. The van der Waals surface area contributed by atoms with Crippen LogP contribution in [0.2, 0.25) is 0 Å². The highest BCUT2D eigenvalue weighted by Gasteiger charge is 2.13. The van der Waals surface area contributed by atoms with Gasteiger partial charge in [-0.2, -0.15) is 0 Å². The molecule has 1 aromatic rings. The SMILES string of the molecule is Cc1cccc(/C(N)=N/O)c1N(C)CCN(C)C. The second-order valence-electron chi connectivity index (χ2n) is 4.68. The lowest BCUT2D eigenvalue weighted by Crippen LogP contribution is -2.30. The van der Waals surface area contributed by atoms with Crippen LogP contribution < -0.4 is 10.6 Å². The van der Waals surface area contributed by atoms with Gasteiger partial charge < -0.3 is 20.7 Å². The molecule has 0 amide bonds. The zero-order chi connectivity index (χ0) is 13.7. The standard InChI is InChI=1S/C13H22N4O/c1-10-6-5-7-11(13(14)15-18)12(10)17(4)9-8-16(2)3/h5-7,18H,8-9H2,1-4H3,(H2,14,15). The number of hydrogen-bond acceptors (Lipinski definition) is 4. The Bertz CT molecular complexity index is 429. The predicted molar refractivity (Wildman–Crippen MR) is 75.5 cm³/mol. The summed E-state index contributed by atoms with van der Waals surface area (Å²) in [5.41, 5.74) is 8.60. The van der Waals surface area contributed by atoms with Gasteiger partial charge in [-0.25, -0.2) is 0 Å². The fourth-order valence-corrected chi connectivity index (χ4v) is 1.89. The molecule has 0 aliphatic rings. The quantitative estimate of drug-likeness (QED) is 0.355. The van der Waals surface area contributed by atoms with Gasteiger partial charge in [0.15, 0.2) is 5.84 Å². The van der Waals surface area contributed by atoms with Gasteiger partial charge in [-0.05, 0) is 32.6 Å². The second-order valence-corrected chi connectivity index (χ2v) is 4.68. The summed E-state index contributed by atoms with van der Waals surface area (Å²) in [5, 5.41) is 11.9. The Kier molecular flexibility index (Phi) is 4.97. The molecule has 1 rings (SSSR count). The van der Waals surface area contributed by atoms with E-state index in [2.05, 4.69) is 15.0 Å². The van der Waals surface area contributed by atoms with E-state index in [1.165, 1.54) is 0 Å². The zero-order valence-corrected chi connectivity index (χ0v) is 11.5. The van der Waals surface area contributed by atoms with Gasteiger partial charge in [-0.1, -0.05) is 17.3 Å². The maximum absolute atomic E-state index is 8.84. The lowest BCUT2D eigenvalue weighted by atomic mass is 10.1. The van der Waals surface area contributed by atoms with Gasteiger partial charge in [0.05, 0.1) is 5.69 Å². The van der Waals surface area contributed by atoms with Gasteiger partial charge >= 0.3 is 0 Å². The van der Waals surface area contributed by atoms with E-state index in [-0.39, 0.29) is 5.84 Å². The summed E-state index contributed by atoms with van der Waals surface area (Å²) in [5.74, 6) is 0.144. The largest absolute Gasteiger partial charge is 0.409 e. The summed E-state index contributed by atoms with van der Waals surface area (Å²) in [6.07, 6.45) is 0. The fraction of sp³-hybridized carbons (Fsp3) is 0.462. The number of hydrogen-bond donors (Lipinski definition) is 2. The molecule has 0 unspecified atom stereocenters. The minimum absolute atomic E-state index is 0.144. The molecule has 0 saturated heterocycles. The summed E-state index contributed by atoms with van der Waals surface area (Å²) in [4.78, 5) is 4.25. The molecule has 18 heavy (non-hydrogen) atoms. The molecule has 0 atom stereocenters. The molecular weight excluding hydrogens is 228 g/mol. The van der Waals surface area contributed by atoms with Gasteiger partial charge in [0, 0.05) is 25.7 Å². The molecule has 5 heteroatoms. The lowest BCUT2D eigenvalue weighted by Gasteiger charge is -2.25. The van der Waals surface area contributed by atoms with Crippen molar-refractivity contribution < 1.29 is 5.21 Å². The Labute approximate surface area is 108 Å². The summed E-state index contributed by atoms with van der Waals surface area (Å²) < 4.78 is 0. The number of likely N-dealkylation sites (N-methyl/N-ethyl adjacent to an activating group) is 2. The van der Waals surface area contributed by atoms with E-state index in [0.717, 1.165) is 29.9 Å². The van der Waals surface area contributed by atoms with E-state index in [1.54, 1.807) is 0 Å². The van der Waals surface area contributed by atoms with Crippen molar-refractivity contribution in [3.8, 4) is 0 Å². The molecule has 1 aromatic carbocycles. The molecule has 0 radical (unpaired) electrons. The van der Waals surface area contributed by atoms with Crippen molar-refractivity contribution in [3.63, 3.8) is 0 Å². The minimum Gasteiger partial charge on any atom is -0.409 e. The third-order valence-corrected chi connectivity index (χ3v) is 2.89. The number of amidine groups is 1. The van der Waals surface area contributed by atoms with E-state index in [4.69, 9.17) is 10.9 Å². The molecule has 0 spiro atoms. The topological polar surface area (TPSA) is 65.1 Å². The highest BCUT2D eigenvalue weighted by atomic mass is 16.4. The van der Waals surface area contributed by atoms with E-state index in [0.29, 0.717) is 0 Å². The van der Waals surface area contributed by atoms with Crippen LogP contribution in [-0.2, 0) is 0 Å². The Hall–Kier alpha value is -1.75. The van der Waals surface area contributed by atoms with Gasteiger partial charge in [-0.15, -0.1) is 0 Å². The zero-order valence-electron chi connectivity index (χ0n) is 11.5. The fourth-order valence-electron chi connectivity index (χ4n) is 1.89. The Morgan fingerprint density at radius 2 is 1.94 bits per heavy atom. The number of para-hydroxylation sites is 1. The third kappa shape index (κ3) is 3.37. The maximum Gasteiger partial charge on any atom is 0.172 e. The number of aryl methyl sites for hydroxylation is 1.